The van der Waals surface area contributed by atoms with E-state index in [1.54, 1.807) is 18.2 Å². The lowest BCUT2D eigenvalue weighted by Gasteiger charge is -2.01. The van der Waals surface area contributed by atoms with Crippen molar-refractivity contribution in [1.29, 1.82) is 0 Å². The molecule has 66 valence electrons. The van der Waals surface area contributed by atoms with Crippen LogP contribution in [0.25, 0.3) is 5.69 Å². The van der Waals surface area contributed by atoms with Crippen molar-refractivity contribution in [3.63, 3.8) is 0 Å². The van der Waals surface area contributed by atoms with Crippen LogP contribution in [-0.4, -0.2) is 19.9 Å². The molecular weight excluding hydrogens is 170 g/mol. The highest BCUT2D eigenvalue weighted by Crippen LogP contribution is 2.17. The number of hydrogen-bond acceptors (Lipinski definition) is 3. The fraction of sp³-hybridized carbons (Fsp3) is 0. The maximum Gasteiger partial charge on any atom is 0.347 e. The van der Waals surface area contributed by atoms with Gasteiger partial charge in [-0.1, -0.05) is 12.1 Å². The van der Waals surface area contributed by atoms with Gasteiger partial charge in [0.1, 0.15) is 12.1 Å². The molecule has 0 radical (unpaired) electrons. The molecule has 0 saturated heterocycles. The van der Waals surface area contributed by atoms with E-state index in [0.29, 0.717) is 5.69 Å². The topological polar surface area (TPSA) is 70.9 Å². The lowest BCUT2D eigenvalue weighted by Crippen LogP contribution is -2.13. The van der Waals surface area contributed by atoms with Gasteiger partial charge in [0.25, 0.3) is 0 Å². The van der Waals surface area contributed by atoms with E-state index in [1.807, 2.05) is 0 Å². The van der Waals surface area contributed by atoms with Crippen molar-refractivity contribution < 1.29 is 5.11 Å². The molecule has 0 atom stereocenters. The van der Waals surface area contributed by atoms with Crippen LogP contribution in [0.1, 0.15) is 0 Å². The predicted molar refractivity (Wildman–Crippen MR) is 45.8 cm³/mol. The van der Waals surface area contributed by atoms with Crippen molar-refractivity contribution in [2.45, 2.75) is 0 Å². The van der Waals surface area contributed by atoms with Gasteiger partial charge in [0.2, 0.25) is 0 Å². The van der Waals surface area contributed by atoms with Crippen molar-refractivity contribution in [2.75, 3.05) is 0 Å². The number of hydrogen-bond donors (Lipinski definition) is 2. The first-order chi connectivity index (χ1) is 6.29. The monoisotopic (exact) mass is 177 g/mol. The third-order valence-corrected chi connectivity index (χ3v) is 1.69. The largest absolute Gasteiger partial charge is 0.506 e. The molecular formula is C8H7N3O2. The van der Waals surface area contributed by atoms with Gasteiger partial charge in [0.05, 0.1) is 5.69 Å². The van der Waals surface area contributed by atoms with Crippen molar-refractivity contribution in [2.24, 2.45) is 0 Å². The Hall–Kier alpha value is -2.04. The third-order valence-electron chi connectivity index (χ3n) is 1.69. The Morgan fingerprint density at radius 2 is 2.15 bits per heavy atom. The van der Waals surface area contributed by atoms with E-state index in [4.69, 9.17) is 0 Å². The summed E-state index contributed by atoms with van der Waals surface area (Å²) < 4.78 is 1.23. The van der Waals surface area contributed by atoms with Gasteiger partial charge in [-0.3, -0.25) is 0 Å². The molecule has 2 rings (SSSR count). The summed E-state index contributed by atoms with van der Waals surface area (Å²) in [5.74, 6) is 0.0472. The number of phenols is 1. The van der Waals surface area contributed by atoms with Gasteiger partial charge >= 0.3 is 5.69 Å². The van der Waals surface area contributed by atoms with E-state index >= 15 is 0 Å². The number of nitrogens with zero attached hydrogens (tertiary/aromatic N) is 2. The number of nitrogens with one attached hydrogen (secondary N) is 1. The Morgan fingerprint density at radius 3 is 2.77 bits per heavy atom. The van der Waals surface area contributed by atoms with Crippen LogP contribution < -0.4 is 5.69 Å². The zero-order chi connectivity index (χ0) is 9.26. The summed E-state index contributed by atoms with van der Waals surface area (Å²) in [6.45, 7) is 0. The van der Waals surface area contributed by atoms with Crippen LogP contribution in [0.4, 0.5) is 0 Å². The Balaban J connectivity index is 2.66. The van der Waals surface area contributed by atoms with Crippen LogP contribution in [0.5, 0.6) is 5.75 Å². The van der Waals surface area contributed by atoms with Crippen LogP contribution in [0.15, 0.2) is 35.4 Å². The van der Waals surface area contributed by atoms with E-state index in [-0.39, 0.29) is 11.4 Å². The number of para-hydroxylation sites is 2. The molecule has 2 N–H and O–H groups in total. The van der Waals surface area contributed by atoms with Crippen molar-refractivity contribution in [1.82, 2.24) is 14.8 Å². The Bertz CT molecular complexity index is 472. The second kappa shape index (κ2) is 2.78. The van der Waals surface area contributed by atoms with Crippen LogP contribution >= 0.6 is 0 Å². The molecule has 1 aromatic heterocycles. The second-order valence-corrected chi connectivity index (χ2v) is 2.52. The maximum atomic E-state index is 11.1. The highest BCUT2D eigenvalue weighted by atomic mass is 16.3. The molecule has 1 heterocycles. The summed E-state index contributed by atoms with van der Waals surface area (Å²) in [6, 6.07) is 6.56. The molecule has 0 fully saturated rings. The summed E-state index contributed by atoms with van der Waals surface area (Å²) in [7, 11) is 0. The third kappa shape index (κ3) is 1.20. The first-order valence-electron chi connectivity index (χ1n) is 3.69. The van der Waals surface area contributed by atoms with Crippen LogP contribution in [0.3, 0.4) is 0 Å². The minimum atomic E-state index is -0.374. The lowest BCUT2D eigenvalue weighted by molar-refractivity contribution is 0.472. The zero-order valence-corrected chi connectivity index (χ0v) is 6.64. The highest BCUT2D eigenvalue weighted by molar-refractivity contribution is 5.44. The molecule has 2 aromatic rings. The van der Waals surface area contributed by atoms with Crippen LogP contribution in [0.2, 0.25) is 0 Å². The smallest absolute Gasteiger partial charge is 0.347 e. The molecule has 0 aliphatic rings. The molecule has 0 spiro atoms. The first-order valence-corrected chi connectivity index (χ1v) is 3.69. The molecule has 5 nitrogen and oxygen atoms in total. The second-order valence-electron chi connectivity index (χ2n) is 2.52. The van der Waals surface area contributed by atoms with Gasteiger partial charge in [0.15, 0.2) is 0 Å². The number of aromatic hydroxyl groups is 1. The highest BCUT2D eigenvalue weighted by Gasteiger charge is 2.04. The predicted octanol–water partition coefficient (Wildman–Crippen LogP) is 0.266. The molecule has 5 heteroatoms. The molecule has 1 aromatic carbocycles. The minimum Gasteiger partial charge on any atom is -0.506 e. The van der Waals surface area contributed by atoms with Crippen LogP contribution in [0, 0.1) is 0 Å². The Labute approximate surface area is 73.3 Å². The molecule has 0 unspecified atom stereocenters. The number of H-pyrrole nitrogens is 1. The van der Waals surface area contributed by atoms with E-state index in [1.165, 1.54) is 17.0 Å². The number of aromatic nitrogens is 3. The van der Waals surface area contributed by atoms with Gasteiger partial charge in [-0.2, -0.15) is 5.10 Å². The van der Waals surface area contributed by atoms with Crippen LogP contribution in [-0.2, 0) is 0 Å². The van der Waals surface area contributed by atoms with E-state index < -0.39 is 0 Å². The summed E-state index contributed by atoms with van der Waals surface area (Å²) in [4.78, 5) is 11.1. The maximum absolute atomic E-state index is 11.1. The quantitative estimate of drug-likeness (QED) is 0.656. The molecule has 0 saturated carbocycles. The molecule has 0 bridgehead atoms. The van der Waals surface area contributed by atoms with Gasteiger partial charge in [-0.25, -0.2) is 14.5 Å². The SMILES string of the molecule is O=c1[nH]ncn1-c1ccccc1O. The molecule has 0 amide bonds. The van der Waals surface area contributed by atoms with Crippen molar-refractivity contribution >= 4 is 0 Å². The fourth-order valence-electron chi connectivity index (χ4n) is 1.09. The first kappa shape index (κ1) is 7.60. The summed E-state index contributed by atoms with van der Waals surface area (Å²) in [5.41, 5.74) is 0.0442. The van der Waals surface area contributed by atoms with Gasteiger partial charge in [-0.15, -0.1) is 0 Å². The Kier molecular flexibility index (Phi) is 1.63. The van der Waals surface area contributed by atoms with E-state index in [9.17, 15) is 9.90 Å². The molecule has 13 heavy (non-hydrogen) atoms. The molecule has 0 aliphatic heterocycles. The summed E-state index contributed by atoms with van der Waals surface area (Å²) in [5, 5.41) is 15.2. The van der Waals surface area contributed by atoms with E-state index in [2.05, 4.69) is 10.2 Å². The fourth-order valence-corrected chi connectivity index (χ4v) is 1.09. The standard InChI is InChI=1S/C8H7N3O2/c12-7-4-2-1-3-6(7)11-5-9-10-8(11)13/h1-5,12H,(H,10,13). The summed E-state index contributed by atoms with van der Waals surface area (Å²) in [6.07, 6.45) is 1.32. The summed E-state index contributed by atoms with van der Waals surface area (Å²) >= 11 is 0. The Morgan fingerprint density at radius 1 is 1.38 bits per heavy atom. The number of rotatable bonds is 1. The average molecular weight is 177 g/mol. The van der Waals surface area contributed by atoms with Crippen molar-refractivity contribution in [3.05, 3.63) is 41.1 Å². The van der Waals surface area contributed by atoms with Gasteiger partial charge < -0.3 is 5.11 Å². The number of aromatic amines is 1. The van der Waals surface area contributed by atoms with Gasteiger partial charge in [0, 0.05) is 0 Å². The minimum absolute atomic E-state index is 0.0472. The zero-order valence-electron chi connectivity index (χ0n) is 6.64. The van der Waals surface area contributed by atoms with E-state index in [0.717, 1.165) is 0 Å². The average Bonchev–Trinajstić information content (AvgIpc) is 2.52. The number of benzene rings is 1. The molecule has 0 aliphatic carbocycles. The lowest BCUT2D eigenvalue weighted by atomic mass is 10.3. The number of phenolic OH excluding ortho intramolecular Hbond substituents is 1. The normalized spacial score (nSPS) is 10.2. The van der Waals surface area contributed by atoms with Gasteiger partial charge in [-0.05, 0) is 12.1 Å². The van der Waals surface area contributed by atoms with Crippen molar-refractivity contribution in [3.8, 4) is 11.4 Å².